The van der Waals surface area contributed by atoms with Crippen LogP contribution in [0.4, 0.5) is 0 Å². The van der Waals surface area contributed by atoms with Gasteiger partial charge in [0, 0.05) is 6.92 Å². The lowest BCUT2D eigenvalue weighted by Gasteiger charge is -1.88. The number of rotatable bonds is 0. The average molecular weight is 141 g/mol. The van der Waals surface area contributed by atoms with Crippen molar-refractivity contribution >= 4 is 7.76 Å². The van der Waals surface area contributed by atoms with Crippen LogP contribution in [0.5, 0.6) is 0 Å². The average Bonchev–Trinajstić information content (AvgIpc) is 1.83. The van der Waals surface area contributed by atoms with E-state index in [0.29, 0.717) is 0 Å². The number of hydrogen-bond donors (Lipinski definition) is 1. The van der Waals surface area contributed by atoms with Gasteiger partial charge < -0.3 is 0 Å². The molecule has 0 saturated carbocycles. The Labute approximate surface area is 56.1 Å². The summed E-state index contributed by atoms with van der Waals surface area (Å²) in [5.74, 6) is 1.84. The minimum absolute atomic E-state index is 0.924. The third-order valence-electron chi connectivity index (χ3n) is 1.49. The van der Waals surface area contributed by atoms with E-state index >= 15 is 0 Å². The Kier molecular flexibility index (Phi) is 1.84. The second-order valence-electron chi connectivity index (χ2n) is 2.12. The van der Waals surface area contributed by atoms with Crippen molar-refractivity contribution < 1.29 is 4.89 Å². The summed E-state index contributed by atoms with van der Waals surface area (Å²) in [6, 6.07) is 3.93. The van der Waals surface area contributed by atoms with Gasteiger partial charge in [-0.1, -0.05) is 6.07 Å². The van der Waals surface area contributed by atoms with Gasteiger partial charge in [0.2, 0.25) is 0 Å². The van der Waals surface area contributed by atoms with Crippen LogP contribution < -0.4 is 0 Å². The number of hydrogen-bond acceptors (Lipinski definition) is 1. The lowest BCUT2D eigenvalue weighted by atomic mass is 10.3. The van der Waals surface area contributed by atoms with Gasteiger partial charge in [0.1, 0.15) is 5.80 Å². The van der Waals surface area contributed by atoms with Gasteiger partial charge in [-0.05, 0) is 18.6 Å². The molecule has 1 heterocycles. The summed E-state index contributed by atoms with van der Waals surface area (Å²) < 4.78 is 0. The van der Waals surface area contributed by atoms with E-state index in [9.17, 15) is 4.89 Å². The molecular formula is C7H10OP+. The van der Waals surface area contributed by atoms with Crippen molar-refractivity contribution in [2.45, 2.75) is 13.8 Å². The molecule has 2 heteroatoms. The van der Waals surface area contributed by atoms with Crippen LogP contribution in [-0.4, -0.2) is 4.89 Å². The Hall–Kier alpha value is -0.390. The molecule has 0 fully saturated rings. The van der Waals surface area contributed by atoms with Crippen LogP contribution in [0.1, 0.15) is 10.9 Å². The van der Waals surface area contributed by atoms with Crippen LogP contribution in [0.25, 0.3) is 0 Å². The van der Waals surface area contributed by atoms with Gasteiger partial charge >= 0.3 is 0 Å². The summed E-state index contributed by atoms with van der Waals surface area (Å²) in [5.41, 5.74) is 1.20. The van der Waals surface area contributed by atoms with Crippen LogP contribution in [0.2, 0.25) is 0 Å². The molecule has 0 saturated heterocycles. The Morgan fingerprint density at radius 2 is 2.11 bits per heavy atom. The zero-order chi connectivity index (χ0) is 6.85. The normalized spacial score (nSPS) is 11.7. The van der Waals surface area contributed by atoms with Crippen molar-refractivity contribution in [2.24, 2.45) is 0 Å². The molecule has 1 atom stereocenters. The number of aryl methyl sites for hydroxylation is 1. The molecule has 0 bridgehead atoms. The predicted octanol–water partition coefficient (Wildman–Crippen LogP) is 2.33. The molecule has 0 spiro atoms. The first-order valence-electron chi connectivity index (χ1n) is 2.89. The van der Waals surface area contributed by atoms with Crippen LogP contribution in [0, 0.1) is 13.8 Å². The standard InChI is InChI=1S/C7H10OP/c1-6-4-3-5-9(8)7(6)2/h3-5,8H,1-2H3/q+1. The lowest BCUT2D eigenvalue weighted by molar-refractivity contribution is 0.647. The largest absolute Gasteiger partial charge is 0.286 e. The highest BCUT2D eigenvalue weighted by Gasteiger charge is 2.06. The van der Waals surface area contributed by atoms with Crippen LogP contribution in [-0.2, 0) is 0 Å². The first-order chi connectivity index (χ1) is 4.22. The fourth-order valence-electron chi connectivity index (χ4n) is 0.682. The minimum Gasteiger partial charge on any atom is -0.189 e. The van der Waals surface area contributed by atoms with Crippen molar-refractivity contribution in [1.29, 1.82) is 0 Å². The lowest BCUT2D eigenvalue weighted by Crippen LogP contribution is -1.74. The van der Waals surface area contributed by atoms with E-state index in [1.807, 2.05) is 31.8 Å². The quantitative estimate of drug-likeness (QED) is 0.587. The molecule has 0 aliphatic heterocycles. The van der Waals surface area contributed by atoms with E-state index < -0.39 is 7.76 Å². The molecule has 1 aromatic heterocycles. The summed E-state index contributed by atoms with van der Waals surface area (Å²) in [7, 11) is -0.924. The Bertz CT molecular complexity index is 200. The van der Waals surface area contributed by atoms with Gasteiger partial charge in [-0.2, -0.15) is 4.89 Å². The summed E-state index contributed by atoms with van der Waals surface area (Å²) in [4.78, 5) is 9.25. The molecule has 0 radical (unpaired) electrons. The van der Waals surface area contributed by atoms with Gasteiger partial charge in [0.05, 0.1) is 0 Å². The van der Waals surface area contributed by atoms with E-state index in [1.165, 1.54) is 5.56 Å². The van der Waals surface area contributed by atoms with Gasteiger partial charge in [-0.15, -0.1) is 0 Å². The molecular weight excluding hydrogens is 131 g/mol. The second-order valence-corrected chi connectivity index (χ2v) is 3.78. The summed E-state index contributed by atoms with van der Waals surface area (Å²) in [6.45, 7) is 3.99. The second kappa shape index (κ2) is 2.47. The van der Waals surface area contributed by atoms with Crippen LogP contribution in [0.15, 0.2) is 17.9 Å². The molecule has 1 nitrogen and oxygen atoms in total. The summed E-state index contributed by atoms with van der Waals surface area (Å²) >= 11 is 0. The first-order valence-corrected chi connectivity index (χ1v) is 4.25. The van der Waals surface area contributed by atoms with E-state index in [1.54, 1.807) is 0 Å². The fourth-order valence-corrected chi connectivity index (χ4v) is 1.59. The maximum atomic E-state index is 9.25. The molecule has 1 unspecified atom stereocenters. The topological polar surface area (TPSA) is 20.2 Å². The fraction of sp³-hybridized carbons (Fsp3) is 0.286. The van der Waals surface area contributed by atoms with Crippen molar-refractivity contribution in [1.82, 2.24) is 0 Å². The Balaban J connectivity index is 3.25. The third-order valence-corrected chi connectivity index (χ3v) is 2.98. The Morgan fingerprint density at radius 1 is 1.44 bits per heavy atom. The highest BCUT2D eigenvalue weighted by molar-refractivity contribution is 7.43. The van der Waals surface area contributed by atoms with E-state index in [-0.39, 0.29) is 0 Å². The maximum absolute atomic E-state index is 9.25. The molecule has 1 aromatic rings. The van der Waals surface area contributed by atoms with E-state index in [2.05, 4.69) is 0 Å². The molecule has 1 N–H and O–H groups in total. The molecule has 0 aliphatic carbocycles. The van der Waals surface area contributed by atoms with Gasteiger partial charge in [0.15, 0.2) is 5.30 Å². The SMILES string of the molecule is Cc1ccc[p+](O)c1C. The van der Waals surface area contributed by atoms with E-state index in [0.717, 1.165) is 5.30 Å². The van der Waals surface area contributed by atoms with Gasteiger partial charge in [0.25, 0.3) is 7.76 Å². The van der Waals surface area contributed by atoms with Crippen molar-refractivity contribution in [3.8, 4) is 0 Å². The van der Waals surface area contributed by atoms with Gasteiger partial charge in [-0.3, -0.25) is 0 Å². The van der Waals surface area contributed by atoms with Gasteiger partial charge in [-0.25, -0.2) is 0 Å². The zero-order valence-corrected chi connectivity index (χ0v) is 6.52. The summed E-state index contributed by atoms with van der Waals surface area (Å²) in [5, 5.41) is 1.12. The Morgan fingerprint density at radius 3 is 2.56 bits per heavy atom. The highest BCUT2D eigenvalue weighted by Crippen LogP contribution is 2.28. The smallest absolute Gasteiger partial charge is 0.189 e. The van der Waals surface area contributed by atoms with Crippen molar-refractivity contribution in [3.63, 3.8) is 0 Å². The third kappa shape index (κ3) is 1.29. The zero-order valence-electron chi connectivity index (χ0n) is 5.63. The van der Waals surface area contributed by atoms with E-state index in [4.69, 9.17) is 0 Å². The van der Waals surface area contributed by atoms with Crippen molar-refractivity contribution in [3.05, 3.63) is 28.8 Å². The molecule has 0 amide bonds. The van der Waals surface area contributed by atoms with Crippen molar-refractivity contribution in [2.75, 3.05) is 0 Å². The maximum Gasteiger partial charge on any atom is 0.286 e. The van der Waals surface area contributed by atoms with Crippen LogP contribution >= 0.6 is 7.76 Å². The van der Waals surface area contributed by atoms with Crippen LogP contribution in [0.3, 0.4) is 0 Å². The molecule has 1 rings (SSSR count). The minimum atomic E-state index is -0.924. The molecule has 48 valence electrons. The molecule has 9 heavy (non-hydrogen) atoms. The molecule has 0 aromatic carbocycles. The monoisotopic (exact) mass is 141 g/mol. The predicted molar refractivity (Wildman–Crippen MR) is 40.6 cm³/mol. The highest BCUT2D eigenvalue weighted by atomic mass is 31.1. The first kappa shape index (κ1) is 6.73. The molecule has 0 aliphatic rings. The summed E-state index contributed by atoms with van der Waals surface area (Å²) in [6.07, 6.45) is 0.